The van der Waals surface area contributed by atoms with Crippen LogP contribution in [0.5, 0.6) is 0 Å². The number of aromatic nitrogens is 2. The molecule has 3 aromatic rings. The fourth-order valence-electron chi connectivity index (χ4n) is 2.62. The fourth-order valence-corrected chi connectivity index (χ4v) is 3.58. The number of nitrogens with zero attached hydrogens (tertiary/aromatic N) is 2. The second-order valence-electron chi connectivity index (χ2n) is 6.00. The molecular formula is C19H17ClN4O3S. The SMILES string of the molecule is C=Cc1cnn(-c2ccc(NC(=O)Cc3cccc(Cl)c3)cc2S(N)(=O)=O)c1. The summed E-state index contributed by atoms with van der Waals surface area (Å²) in [6.45, 7) is 3.64. The van der Waals surface area contributed by atoms with Crippen molar-refractivity contribution >= 4 is 39.3 Å². The molecule has 0 atom stereocenters. The molecule has 3 N–H and O–H groups in total. The van der Waals surface area contributed by atoms with Gasteiger partial charge in [0.1, 0.15) is 4.90 Å². The Kier molecular flexibility index (Phi) is 5.64. The van der Waals surface area contributed by atoms with Crippen molar-refractivity contribution in [2.24, 2.45) is 5.14 Å². The molecule has 3 rings (SSSR count). The van der Waals surface area contributed by atoms with Crippen LogP contribution in [-0.2, 0) is 21.2 Å². The molecular weight excluding hydrogens is 400 g/mol. The lowest BCUT2D eigenvalue weighted by Crippen LogP contribution is -2.18. The summed E-state index contributed by atoms with van der Waals surface area (Å²) in [6.07, 6.45) is 4.84. The van der Waals surface area contributed by atoms with Gasteiger partial charge in [-0.15, -0.1) is 0 Å². The summed E-state index contributed by atoms with van der Waals surface area (Å²) in [5.41, 5.74) is 2.03. The number of nitrogens with two attached hydrogens (primary N) is 1. The molecule has 0 saturated heterocycles. The molecule has 0 fully saturated rings. The number of nitrogens with one attached hydrogen (secondary N) is 1. The van der Waals surface area contributed by atoms with Gasteiger partial charge in [-0.25, -0.2) is 18.2 Å². The number of rotatable bonds is 6. The zero-order valence-corrected chi connectivity index (χ0v) is 16.2. The topological polar surface area (TPSA) is 107 Å². The third-order valence-corrected chi connectivity index (χ3v) is 5.06. The Morgan fingerprint density at radius 3 is 2.71 bits per heavy atom. The Balaban J connectivity index is 1.88. The highest BCUT2D eigenvalue weighted by atomic mass is 35.5. The minimum Gasteiger partial charge on any atom is -0.326 e. The van der Waals surface area contributed by atoms with Crippen molar-refractivity contribution in [1.82, 2.24) is 9.78 Å². The smallest absolute Gasteiger partial charge is 0.240 e. The van der Waals surface area contributed by atoms with Crippen LogP contribution in [0.3, 0.4) is 0 Å². The Bertz CT molecular complexity index is 1160. The van der Waals surface area contributed by atoms with E-state index in [2.05, 4.69) is 17.0 Å². The van der Waals surface area contributed by atoms with Crippen molar-refractivity contribution in [2.75, 3.05) is 5.32 Å². The van der Waals surface area contributed by atoms with Gasteiger partial charge in [0.15, 0.2) is 0 Å². The van der Waals surface area contributed by atoms with Gasteiger partial charge in [-0.3, -0.25) is 4.79 Å². The average Bonchev–Trinajstić information content (AvgIpc) is 3.10. The number of halogens is 1. The zero-order chi connectivity index (χ0) is 20.3. The van der Waals surface area contributed by atoms with Crippen LogP contribution in [0.1, 0.15) is 11.1 Å². The lowest BCUT2D eigenvalue weighted by molar-refractivity contribution is -0.115. The predicted molar refractivity (Wildman–Crippen MR) is 109 cm³/mol. The van der Waals surface area contributed by atoms with Crippen LogP contribution < -0.4 is 10.5 Å². The third kappa shape index (κ3) is 4.66. The van der Waals surface area contributed by atoms with Gasteiger partial charge in [-0.1, -0.05) is 36.4 Å². The summed E-state index contributed by atoms with van der Waals surface area (Å²) in [6, 6.07) is 11.3. The molecule has 0 saturated carbocycles. The Morgan fingerprint density at radius 2 is 2.07 bits per heavy atom. The van der Waals surface area contributed by atoms with E-state index in [1.54, 1.807) is 48.8 Å². The van der Waals surface area contributed by atoms with E-state index in [4.69, 9.17) is 16.7 Å². The van der Waals surface area contributed by atoms with Gasteiger partial charge < -0.3 is 5.32 Å². The highest BCUT2D eigenvalue weighted by Crippen LogP contribution is 2.24. The maximum atomic E-state index is 12.3. The first-order chi connectivity index (χ1) is 13.3. The summed E-state index contributed by atoms with van der Waals surface area (Å²) in [4.78, 5) is 12.1. The first kappa shape index (κ1) is 19.8. The molecule has 0 bridgehead atoms. The number of carbonyl (C=O) groups is 1. The maximum absolute atomic E-state index is 12.3. The Morgan fingerprint density at radius 1 is 1.29 bits per heavy atom. The molecule has 0 aliphatic rings. The van der Waals surface area contributed by atoms with Gasteiger partial charge in [-0.2, -0.15) is 5.10 Å². The maximum Gasteiger partial charge on any atom is 0.240 e. The lowest BCUT2D eigenvalue weighted by Gasteiger charge is -2.11. The number of carbonyl (C=O) groups excluding carboxylic acids is 1. The molecule has 1 amide bonds. The minimum atomic E-state index is -4.06. The molecule has 1 heterocycles. The van der Waals surface area contributed by atoms with Crippen molar-refractivity contribution in [1.29, 1.82) is 0 Å². The van der Waals surface area contributed by atoms with Gasteiger partial charge in [0, 0.05) is 22.5 Å². The summed E-state index contributed by atoms with van der Waals surface area (Å²) in [5, 5.41) is 12.7. The van der Waals surface area contributed by atoms with Gasteiger partial charge in [0.2, 0.25) is 15.9 Å². The van der Waals surface area contributed by atoms with Crippen LogP contribution in [0.4, 0.5) is 5.69 Å². The van der Waals surface area contributed by atoms with E-state index < -0.39 is 10.0 Å². The zero-order valence-electron chi connectivity index (χ0n) is 14.7. The molecule has 0 unspecified atom stereocenters. The van der Waals surface area contributed by atoms with E-state index in [-0.39, 0.29) is 22.9 Å². The molecule has 144 valence electrons. The van der Waals surface area contributed by atoms with E-state index in [9.17, 15) is 13.2 Å². The van der Waals surface area contributed by atoms with E-state index >= 15 is 0 Å². The van der Waals surface area contributed by atoms with Gasteiger partial charge >= 0.3 is 0 Å². The first-order valence-corrected chi connectivity index (χ1v) is 10.1. The molecule has 1 aromatic heterocycles. The molecule has 0 spiro atoms. The summed E-state index contributed by atoms with van der Waals surface area (Å²) >= 11 is 5.92. The van der Waals surface area contributed by atoms with E-state index in [1.807, 2.05) is 0 Å². The molecule has 28 heavy (non-hydrogen) atoms. The van der Waals surface area contributed by atoms with Gasteiger partial charge in [0.05, 0.1) is 18.3 Å². The monoisotopic (exact) mass is 416 g/mol. The number of hydrogen-bond donors (Lipinski definition) is 2. The van der Waals surface area contributed by atoms with Crippen LogP contribution in [-0.4, -0.2) is 24.1 Å². The molecule has 7 nitrogen and oxygen atoms in total. The number of hydrogen-bond acceptors (Lipinski definition) is 4. The molecule has 0 aliphatic heterocycles. The van der Waals surface area contributed by atoms with Crippen molar-refractivity contribution in [3.05, 3.63) is 77.6 Å². The fraction of sp³-hybridized carbons (Fsp3) is 0.0526. The third-order valence-electron chi connectivity index (χ3n) is 3.89. The van der Waals surface area contributed by atoms with Gasteiger partial charge in [0.25, 0.3) is 0 Å². The lowest BCUT2D eigenvalue weighted by atomic mass is 10.1. The number of sulfonamides is 1. The minimum absolute atomic E-state index is 0.0921. The summed E-state index contributed by atoms with van der Waals surface area (Å²) in [5.74, 6) is -0.316. The predicted octanol–water partition coefficient (Wildman–Crippen LogP) is 3.00. The summed E-state index contributed by atoms with van der Waals surface area (Å²) in [7, 11) is -4.06. The normalized spacial score (nSPS) is 11.2. The van der Waals surface area contributed by atoms with Crippen LogP contribution in [0.15, 0.2) is 66.3 Å². The highest BCUT2D eigenvalue weighted by Gasteiger charge is 2.18. The second-order valence-corrected chi connectivity index (χ2v) is 7.97. The quantitative estimate of drug-likeness (QED) is 0.644. The average molecular weight is 417 g/mol. The molecule has 2 aromatic carbocycles. The summed E-state index contributed by atoms with van der Waals surface area (Å²) < 4.78 is 25.5. The van der Waals surface area contributed by atoms with Crippen molar-refractivity contribution in [3.63, 3.8) is 0 Å². The molecule has 9 heteroatoms. The first-order valence-electron chi connectivity index (χ1n) is 8.15. The van der Waals surface area contributed by atoms with E-state index in [1.165, 1.54) is 16.8 Å². The molecule has 0 radical (unpaired) electrons. The molecule has 0 aliphatic carbocycles. The second kappa shape index (κ2) is 7.97. The van der Waals surface area contributed by atoms with Crippen LogP contribution in [0.25, 0.3) is 11.8 Å². The van der Waals surface area contributed by atoms with E-state index in [0.717, 1.165) is 11.1 Å². The highest BCUT2D eigenvalue weighted by molar-refractivity contribution is 7.89. The van der Waals surface area contributed by atoms with Gasteiger partial charge in [-0.05, 0) is 35.9 Å². The number of amides is 1. The van der Waals surface area contributed by atoms with E-state index in [0.29, 0.717) is 10.7 Å². The van der Waals surface area contributed by atoms with Crippen LogP contribution in [0.2, 0.25) is 5.02 Å². The van der Waals surface area contributed by atoms with Crippen LogP contribution in [0, 0.1) is 0 Å². The largest absolute Gasteiger partial charge is 0.326 e. The number of benzene rings is 2. The van der Waals surface area contributed by atoms with Crippen molar-refractivity contribution in [2.45, 2.75) is 11.3 Å². The van der Waals surface area contributed by atoms with Crippen molar-refractivity contribution in [3.8, 4) is 5.69 Å². The Labute approximate surface area is 167 Å². The van der Waals surface area contributed by atoms with Crippen molar-refractivity contribution < 1.29 is 13.2 Å². The van der Waals surface area contributed by atoms with Crippen LogP contribution >= 0.6 is 11.6 Å². The number of anilines is 1. The number of primary sulfonamides is 1. The standard InChI is InChI=1S/C19H17ClN4O3S/c1-2-13-11-22-24(12-13)17-7-6-16(10-18(17)28(21,26)27)23-19(25)9-14-4-3-5-15(20)8-14/h2-8,10-12H,1,9H2,(H,23,25)(H2,21,26,27). The Hall–Kier alpha value is -2.94.